The molecule has 0 aliphatic carbocycles. The van der Waals surface area contributed by atoms with E-state index in [2.05, 4.69) is 72.0 Å². The lowest BCUT2D eigenvalue weighted by atomic mass is 9.97. The van der Waals surface area contributed by atoms with Gasteiger partial charge in [-0.1, -0.05) is 18.2 Å². The van der Waals surface area contributed by atoms with Gasteiger partial charge in [-0.25, -0.2) is 0 Å². The summed E-state index contributed by atoms with van der Waals surface area (Å²) < 4.78 is 0. The maximum Gasteiger partial charge on any atom is 0.0449 e. The summed E-state index contributed by atoms with van der Waals surface area (Å²) in [5.41, 5.74) is 11.9. The molecule has 0 aliphatic heterocycles. The Labute approximate surface area is 123 Å². The van der Waals surface area contributed by atoms with Crippen molar-refractivity contribution < 1.29 is 0 Å². The largest absolute Gasteiger partial charge is 0.355 e. The van der Waals surface area contributed by atoms with E-state index in [1.165, 1.54) is 50.3 Å². The Morgan fingerprint density at radius 3 is 1.55 bits per heavy atom. The molecule has 0 atom stereocenters. The lowest BCUT2D eigenvalue weighted by Crippen LogP contribution is -2.03. The molecular formula is C19H25N. The molecule has 0 amide bonds. The van der Waals surface area contributed by atoms with E-state index in [1.54, 1.807) is 0 Å². The van der Waals surface area contributed by atoms with E-state index < -0.39 is 0 Å². The van der Waals surface area contributed by atoms with Crippen molar-refractivity contribution >= 4 is 11.4 Å². The first-order valence-electron chi connectivity index (χ1n) is 7.24. The van der Waals surface area contributed by atoms with Crippen LogP contribution in [0.25, 0.3) is 0 Å². The highest BCUT2D eigenvalue weighted by Crippen LogP contribution is 2.33. The van der Waals surface area contributed by atoms with E-state index in [0.29, 0.717) is 0 Å². The normalized spacial score (nSPS) is 10.8. The first kappa shape index (κ1) is 14.6. The molecule has 0 saturated heterocycles. The molecule has 1 nitrogen and oxygen atoms in total. The first-order chi connectivity index (χ1) is 9.32. The van der Waals surface area contributed by atoms with Gasteiger partial charge in [0.15, 0.2) is 0 Å². The van der Waals surface area contributed by atoms with Gasteiger partial charge in [0.2, 0.25) is 0 Å². The summed E-state index contributed by atoms with van der Waals surface area (Å²) in [5.74, 6) is 0. The van der Waals surface area contributed by atoms with Crippen molar-refractivity contribution in [3.63, 3.8) is 0 Å². The van der Waals surface area contributed by atoms with Gasteiger partial charge in [0.1, 0.15) is 0 Å². The fourth-order valence-electron chi connectivity index (χ4n) is 2.67. The Bertz CT molecular complexity index is 640. The van der Waals surface area contributed by atoms with Crippen LogP contribution < -0.4 is 5.32 Å². The summed E-state index contributed by atoms with van der Waals surface area (Å²) in [6.45, 7) is 15.3. The summed E-state index contributed by atoms with van der Waals surface area (Å²) in [5, 5.41) is 3.70. The van der Waals surface area contributed by atoms with E-state index in [9.17, 15) is 0 Å². The average Bonchev–Trinajstić information content (AvgIpc) is 2.40. The molecule has 0 unspecified atom stereocenters. The lowest BCUT2D eigenvalue weighted by molar-refractivity contribution is 1.22. The number of rotatable bonds is 2. The number of aryl methyl sites for hydroxylation is 4. The van der Waals surface area contributed by atoms with E-state index in [-0.39, 0.29) is 0 Å². The molecule has 0 aliphatic rings. The van der Waals surface area contributed by atoms with Crippen LogP contribution in [0.1, 0.15) is 38.9 Å². The second-order valence-corrected chi connectivity index (χ2v) is 5.96. The van der Waals surface area contributed by atoms with Gasteiger partial charge in [0, 0.05) is 11.4 Å². The Morgan fingerprint density at radius 2 is 1.00 bits per heavy atom. The monoisotopic (exact) mass is 267 g/mol. The van der Waals surface area contributed by atoms with E-state index >= 15 is 0 Å². The van der Waals surface area contributed by atoms with Crippen molar-refractivity contribution in [2.24, 2.45) is 0 Å². The minimum Gasteiger partial charge on any atom is -0.355 e. The topological polar surface area (TPSA) is 12.0 Å². The van der Waals surface area contributed by atoms with Crippen molar-refractivity contribution in [3.8, 4) is 0 Å². The first-order valence-corrected chi connectivity index (χ1v) is 7.24. The molecule has 0 radical (unpaired) electrons. The van der Waals surface area contributed by atoms with Gasteiger partial charge in [-0.15, -0.1) is 0 Å². The standard InChI is InChI=1S/C19H25N/c1-11-8-9-12(2)18(15(11)5)20-19-16(6)13(3)10-14(4)17(19)7/h8-10,20H,1-7H3. The Hall–Kier alpha value is -1.76. The maximum atomic E-state index is 3.70. The molecule has 0 fully saturated rings. The van der Waals surface area contributed by atoms with Crippen molar-refractivity contribution in [2.45, 2.75) is 48.5 Å². The number of anilines is 2. The summed E-state index contributed by atoms with van der Waals surface area (Å²) in [6, 6.07) is 6.65. The second kappa shape index (κ2) is 5.32. The predicted molar refractivity (Wildman–Crippen MR) is 89.3 cm³/mol. The molecule has 1 N–H and O–H groups in total. The van der Waals surface area contributed by atoms with Crippen LogP contribution in [0.15, 0.2) is 18.2 Å². The van der Waals surface area contributed by atoms with Gasteiger partial charge in [-0.2, -0.15) is 0 Å². The van der Waals surface area contributed by atoms with E-state index in [4.69, 9.17) is 0 Å². The van der Waals surface area contributed by atoms with Crippen molar-refractivity contribution in [1.29, 1.82) is 0 Å². The van der Waals surface area contributed by atoms with Crippen molar-refractivity contribution in [3.05, 3.63) is 57.1 Å². The smallest absolute Gasteiger partial charge is 0.0449 e. The molecule has 0 spiro atoms. The predicted octanol–water partition coefficient (Wildman–Crippen LogP) is 5.59. The zero-order chi connectivity index (χ0) is 15.0. The van der Waals surface area contributed by atoms with Crippen LogP contribution in [0, 0.1) is 48.5 Å². The third-order valence-electron chi connectivity index (χ3n) is 4.56. The fraction of sp³-hybridized carbons (Fsp3) is 0.368. The second-order valence-electron chi connectivity index (χ2n) is 5.96. The molecule has 0 saturated carbocycles. The molecule has 20 heavy (non-hydrogen) atoms. The molecule has 0 aromatic heterocycles. The molecule has 106 valence electrons. The van der Waals surface area contributed by atoms with Gasteiger partial charge < -0.3 is 5.32 Å². The molecule has 2 aromatic rings. The van der Waals surface area contributed by atoms with Crippen molar-refractivity contribution in [1.82, 2.24) is 0 Å². The number of hydrogen-bond acceptors (Lipinski definition) is 1. The van der Waals surface area contributed by atoms with Crippen LogP contribution in [0.3, 0.4) is 0 Å². The quantitative estimate of drug-likeness (QED) is 0.748. The Kier molecular flexibility index (Phi) is 3.89. The fourth-order valence-corrected chi connectivity index (χ4v) is 2.67. The maximum absolute atomic E-state index is 3.70. The summed E-state index contributed by atoms with van der Waals surface area (Å²) in [7, 11) is 0. The van der Waals surface area contributed by atoms with Crippen LogP contribution in [0.5, 0.6) is 0 Å². The highest BCUT2D eigenvalue weighted by molar-refractivity contribution is 5.73. The molecule has 0 heterocycles. The summed E-state index contributed by atoms with van der Waals surface area (Å²) in [4.78, 5) is 0. The summed E-state index contributed by atoms with van der Waals surface area (Å²) in [6.07, 6.45) is 0. The minimum absolute atomic E-state index is 1.25. The van der Waals surface area contributed by atoms with Crippen LogP contribution in [0.2, 0.25) is 0 Å². The Balaban J connectivity index is 2.59. The lowest BCUT2D eigenvalue weighted by Gasteiger charge is -2.20. The van der Waals surface area contributed by atoms with Gasteiger partial charge in [0.25, 0.3) is 0 Å². The van der Waals surface area contributed by atoms with Crippen molar-refractivity contribution in [2.75, 3.05) is 5.32 Å². The van der Waals surface area contributed by atoms with E-state index in [1.807, 2.05) is 0 Å². The SMILES string of the molecule is Cc1ccc(C)c(Nc2c(C)c(C)cc(C)c2C)c1C. The zero-order valence-electron chi connectivity index (χ0n) is 13.7. The van der Waals surface area contributed by atoms with Crippen LogP contribution >= 0.6 is 0 Å². The van der Waals surface area contributed by atoms with Gasteiger partial charge in [-0.05, 0) is 87.4 Å². The molecular weight excluding hydrogens is 242 g/mol. The van der Waals surface area contributed by atoms with Crippen LogP contribution in [-0.2, 0) is 0 Å². The average molecular weight is 267 g/mol. The number of hydrogen-bond donors (Lipinski definition) is 1. The molecule has 2 aromatic carbocycles. The van der Waals surface area contributed by atoms with E-state index in [0.717, 1.165) is 0 Å². The third kappa shape index (κ3) is 2.45. The Morgan fingerprint density at radius 1 is 0.550 bits per heavy atom. The summed E-state index contributed by atoms with van der Waals surface area (Å²) >= 11 is 0. The van der Waals surface area contributed by atoms with Gasteiger partial charge >= 0.3 is 0 Å². The highest BCUT2D eigenvalue weighted by Gasteiger charge is 2.11. The van der Waals surface area contributed by atoms with Crippen LogP contribution in [-0.4, -0.2) is 0 Å². The number of nitrogens with one attached hydrogen (secondary N) is 1. The third-order valence-corrected chi connectivity index (χ3v) is 4.56. The molecule has 2 rings (SSSR count). The van der Waals surface area contributed by atoms with Crippen LogP contribution in [0.4, 0.5) is 11.4 Å². The van der Waals surface area contributed by atoms with Gasteiger partial charge in [-0.3, -0.25) is 0 Å². The molecule has 1 heteroatoms. The molecule has 0 bridgehead atoms. The minimum atomic E-state index is 1.25. The highest BCUT2D eigenvalue weighted by atomic mass is 14.9. The zero-order valence-corrected chi connectivity index (χ0v) is 13.7. The van der Waals surface area contributed by atoms with Gasteiger partial charge in [0.05, 0.1) is 0 Å². The number of benzene rings is 2.